The van der Waals surface area contributed by atoms with E-state index < -0.39 is 0 Å². The molecule has 0 bridgehead atoms. The second-order valence-electron chi connectivity index (χ2n) is 2.77. The number of ketones is 1. The van der Waals surface area contributed by atoms with Crippen LogP contribution in [-0.2, 0) is 5.75 Å². The second kappa shape index (κ2) is 4.37. The van der Waals surface area contributed by atoms with Crippen LogP contribution in [0.4, 0.5) is 0 Å². The average molecular weight is 196 g/mol. The van der Waals surface area contributed by atoms with E-state index >= 15 is 0 Å². The molecule has 13 heavy (non-hydrogen) atoms. The van der Waals surface area contributed by atoms with Gasteiger partial charge >= 0.3 is 0 Å². The Kier molecular flexibility index (Phi) is 3.42. The Labute approximate surface area is 82.0 Å². The fraction of sp³-hybridized carbons (Fsp3) is 0.444. The molecular weight excluding hydrogens is 184 g/mol. The molecule has 0 N–H and O–H groups in total. The highest BCUT2D eigenvalue weighted by Gasteiger charge is 2.06. The molecule has 0 saturated heterocycles. The van der Waals surface area contributed by atoms with Crippen LogP contribution < -0.4 is 0 Å². The van der Waals surface area contributed by atoms with Crippen molar-refractivity contribution in [2.45, 2.75) is 19.6 Å². The zero-order valence-electron chi connectivity index (χ0n) is 8.00. The largest absolute Gasteiger partial charge is 0.294 e. The number of aromatic nitrogens is 2. The van der Waals surface area contributed by atoms with E-state index in [9.17, 15) is 4.79 Å². The Morgan fingerprint density at radius 3 is 2.77 bits per heavy atom. The van der Waals surface area contributed by atoms with Crippen molar-refractivity contribution < 1.29 is 4.79 Å². The Balaban J connectivity index is 2.98. The summed E-state index contributed by atoms with van der Waals surface area (Å²) in [7, 11) is 0. The molecule has 0 aliphatic carbocycles. The van der Waals surface area contributed by atoms with Crippen LogP contribution in [0.15, 0.2) is 6.20 Å². The van der Waals surface area contributed by atoms with Crippen LogP contribution in [0.2, 0.25) is 0 Å². The molecule has 0 spiro atoms. The molecule has 0 unspecified atom stereocenters. The molecule has 1 rings (SSSR count). The summed E-state index contributed by atoms with van der Waals surface area (Å²) in [6.45, 7) is 3.36. The topological polar surface area (TPSA) is 42.9 Å². The van der Waals surface area contributed by atoms with Crippen LogP contribution in [0.25, 0.3) is 0 Å². The second-order valence-corrected chi connectivity index (χ2v) is 3.64. The van der Waals surface area contributed by atoms with Gasteiger partial charge in [0.15, 0.2) is 5.78 Å². The lowest BCUT2D eigenvalue weighted by Crippen LogP contribution is -2.03. The highest BCUT2D eigenvalue weighted by Crippen LogP contribution is 2.08. The Bertz CT molecular complexity index is 325. The Hall–Kier alpha value is -0.900. The van der Waals surface area contributed by atoms with Crippen LogP contribution in [0.3, 0.4) is 0 Å². The van der Waals surface area contributed by atoms with Gasteiger partial charge in [0, 0.05) is 6.20 Å². The maximum Gasteiger partial charge on any atom is 0.163 e. The van der Waals surface area contributed by atoms with Crippen LogP contribution in [0.5, 0.6) is 0 Å². The van der Waals surface area contributed by atoms with Gasteiger partial charge in [-0.1, -0.05) is 0 Å². The van der Waals surface area contributed by atoms with E-state index in [1.165, 1.54) is 6.92 Å². The standard InChI is InChI=1S/C9H12N2OS/c1-6-8(7(2)12)4-10-9(11-6)5-13-3/h4H,5H2,1-3H3. The number of hydrogen-bond acceptors (Lipinski definition) is 4. The Morgan fingerprint density at radius 1 is 1.62 bits per heavy atom. The summed E-state index contributed by atoms with van der Waals surface area (Å²) in [5, 5.41) is 0. The zero-order chi connectivity index (χ0) is 9.84. The first kappa shape index (κ1) is 10.2. The van der Waals surface area contributed by atoms with E-state index in [4.69, 9.17) is 0 Å². The van der Waals surface area contributed by atoms with E-state index in [-0.39, 0.29) is 5.78 Å². The normalized spacial score (nSPS) is 10.1. The van der Waals surface area contributed by atoms with E-state index in [1.807, 2.05) is 13.2 Å². The van der Waals surface area contributed by atoms with Gasteiger partial charge < -0.3 is 0 Å². The van der Waals surface area contributed by atoms with Gasteiger partial charge in [-0.2, -0.15) is 11.8 Å². The SMILES string of the molecule is CSCc1ncc(C(C)=O)c(C)n1. The summed E-state index contributed by atoms with van der Waals surface area (Å²) in [6, 6.07) is 0. The van der Waals surface area contributed by atoms with Gasteiger partial charge in [0.2, 0.25) is 0 Å². The molecule has 70 valence electrons. The number of nitrogens with zero attached hydrogens (tertiary/aromatic N) is 2. The molecular formula is C9H12N2OS. The molecule has 0 saturated carbocycles. The van der Waals surface area contributed by atoms with Crippen LogP contribution in [0.1, 0.15) is 28.8 Å². The number of aryl methyl sites for hydroxylation is 1. The summed E-state index contributed by atoms with van der Waals surface area (Å²) in [6.07, 6.45) is 3.60. The monoisotopic (exact) mass is 196 g/mol. The lowest BCUT2D eigenvalue weighted by Gasteiger charge is -2.02. The summed E-state index contributed by atoms with van der Waals surface area (Å²) < 4.78 is 0. The molecule has 1 aromatic rings. The molecule has 0 fully saturated rings. The van der Waals surface area contributed by atoms with Gasteiger partial charge in [-0.05, 0) is 20.1 Å². The smallest absolute Gasteiger partial charge is 0.163 e. The fourth-order valence-corrected chi connectivity index (χ4v) is 1.46. The highest BCUT2D eigenvalue weighted by molar-refractivity contribution is 7.97. The quantitative estimate of drug-likeness (QED) is 0.692. The lowest BCUT2D eigenvalue weighted by atomic mass is 10.2. The number of hydrogen-bond donors (Lipinski definition) is 0. The van der Waals surface area contributed by atoms with Gasteiger partial charge in [0.05, 0.1) is 17.0 Å². The summed E-state index contributed by atoms with van der Waals surface area (Å²) in [4.78, 5) is 19.4. The van der Waals surface area contributed by atoms with Gasteiger partial charge in [0.1, 0.15) is 5.82 Å². The zero-order valence-corrected chi connectivity index (χ0v) is 8.81. The van der Waals surface area contributed by atoms with Crippen molar-refractivity contribution in [3.63, 3.8) is 0 Å². The molecule has 0 atom stereocenters. The molecule has 1 heterocycles. The van der Waals surface area contributed by atoms with Gasteiger partial charge in [-0.3, -0.25) is 4.79 Å². The minimum Gasteiger partial charge on any atom is -0.294 e. The first-order valence-electron chi connectivity index (χ1n) is 3.97. The van der Waals surface area contributed by atoms with Gasteiger partial charge in [-0.15, -0.1) is 0 Å². The lowest BCUT2D eigenvalue weighted by molar-refractivity contribution is 0.101. The molecule has 0 amide bonds. The average Bonchev–Trinajstić information content (AvgIpc) is 2.04. The number of carbonyl (C=O) groups is 1. The molecule has 0 aliphatic heterocycles. The molecule has 0 radical (unpaired) electrons. The van der Waals surface area contributed by atoms with E-state index in [0.717, 1.165) is 17.3 Å². The number of thioether (sulfide) groups is 1. The summed E-state index contributed by atoms with van der Waals surface area (Å²) in [5.41, 5.74) is 1.39. The van der Waals surface area contributed by atoms with Crippen molar-refractivity contribution in [1.82, 2.24) is 9.97 Å². The first-order valence-corrected chi connectivity index (χ1v) is 5.37. The number of Topliss-reactive ketones (excluding diaryl/α,β-unsaturated/α-hetero) is 1. The maximum absolute atomic E-state index is 11.1. The summed E-state index contributed by atoms with van der Waals surface area (Å²) >= 11 is 1.67. The van der Waals surface area contributed by atoms with Gasteiger partial charge in [-0.25, -0.2) is 9.97 Å². The van der Waals surface area contributed by atoms with Crippen molar-refractivity contribution in [3.8, 4) is 0 Å². The number of carbonyl (C=O) groups excluding carboxylic acids is 1. The van der Waals surface area contributed by atoms with Crippen molar-refractivity contribution in [2.75, 3.05) is 6.26 Å². The van der Waals surface area contributed by atoms with Crippen LogP contribution in [-0.4, -0.2) is 22.0 Å². The van der Waals surface area contributed by atoms with Crippen molar-refractivity contribution in [1.29, 1.82) is 0 Å². The third-order valence-corrected chi connectivity index (χ3v) is 2.23. The molecule has 3 nitrogen and oxygen atoms in total. The van der Waals surface area contributed by atoms with Crippen molar-refractivity contribution in [2.24, 2.45) is 0 Å². The molecule has 0 aromatic carbocycles. The maximum atomic E-state index is 11.1. The first-order chi connectivity index (χ1) is 6.15. The molecule has 4 heteroatoms. The molecule has 0 aliphatic rings. The molecule has 1 aromatic heterocycles. The third-order valence-electron chi connectivity index (χ3n) is 1.68. The van der Waals surface area contributed by atoms with E-state index in [0.29, 0.717) is 5.56 Å². The highest BCUT2D eigenvalue weighted by atomic mass is 32.2. The van der Waals surface area contributed by atoms with Crippen molar-refractivity contribution >= 4 is 17.5 Å². The predicted molar refractivity (Wildman–Crippen MR) is 54.0 cm³/mol. The summed E-state index contributed by atoms with van der Waals surface area (Å²) in [5.74, 6) is 1.60. The minimum absolute atomic E-state index is 0.0215. The Morgan fingerprint density at radius 2 is 2.31 bits per heavy atom. The van der Waals surface area contributed by atoms with Crippen LogP contribution in [0, 0.1) is 6.92 Å². The minimum atomic E-state index is 0.0215. The van der Waals surface area contributed by atoms with Gasteiger partial charge in [0.25, 0.3) is 0 Å². The van der Waals surface area contributed by atoms with Crippen LogP contribution >= 0.6 is 11.8 Å². The predicted octanol–water partition coefficient (Wildman–Crippen LogP) is 1.85. The third kappa shape index (κ3) is 2.52. The van der Waals surface area contributed by atoms with E-state index in [1.54, 1.807) is 18.0 Å². The fourth-order valence-electron chi connectivity index (χ4n) is 1.06. The van der Waals surface area contributed by atoms with Crippen molar-refractivity contribution in [3.05, 3.63) is 23.3 Å². The number of rotatable bonds is 3. The van der Waals surface area contributed by atoms with E-state index in [2.05, 4.69) is 9.97 Å².